The number of aromatic amines is 1. The van der Waals surface area contributed by atoms with Crippen molar-refractivity contribution in [2.24, 2.45) is 0 Å². The van der Waals surface area contributed by atoms with Gasteiger partial charge in [0.25, 0.3) is 0 Å². The zero-order valence-electron chi connectivity index (χ0n) is 10.7. The topological polar surface area (TPSA) is 33.1 Å². The summed E-state index contributed by atoms with van der Waals surface area (Å²) in [6, 6.07) is 18.7. The minimum absolute atomic E-state index is 0.986. The van der Waals surface area contributed by atoms with Crippen molar-refractivity contribution in [3.8, 4) is 0 Å². The molecule has 3 heterocycles. The lowest BCUT2D eigenvalue weighted by molar-refractivity contribution is 1.23. The van der Waals surface area contributed by atoms with Gasteiger partial charge in [-0.05, 0) is 30.3 Å². The van der Waals surface area contributed by atoms with Gasteiger partial charge >= 0.3 is 0 Å². The van der Waals surface area contributed by atoms with Crippen LogP contribution in [0.4, 0.5) is 0 Å². The van der Waals surface area contributed by atoms with Crippen LogP contribution in [0.1, 0.15) is 0 Å². The lowest BCUT2D eigenvalue weighted by atomic mass is 10.1. The summed E-state index contributed by atoms with van der Waals surface area (Å²) >= 11 is 0. The molecule has 3 nitrogen and oxygen atoms in total. The van der Waals surface area contributed by atoms with E-state index < -0.39 is 0 Å². The maximum atomic E-state index is 4.70. The Labute approximate surface area is 114 Å². The zero-order chi connectivity index (χ0) is 13.1. The largest absolute Gasteiger partial charge is 0.354 e. The van der Waals surface area contributed by atoms with E-state index in [0.717, 1.165) is 16.7 Å². The number of para-hydroxylation sites is 1. The zero-order valence-corrected chi connectivity index (χ0v) is 10.7. The third-order valence-corrected chi connectivity index (χ3v) is 3.94. The minimum atomic E-state index is 0.986. The van der Waals surface area contributed by atoms with Crippen molar-refractivity contribution < 1.29 is 0 Å². The molecule has 5 aromatic rings. The molecule has 0 atom stereocenters. The molecule has 0 unspecified atom stereocenters. The minimum Gasteiger partial charge on any atom is -0.354 e. The first-order chi connectivity index (χ1) is 9.92. The molecule has 0 saturated carbocycles. The second-order valence-electron chi connectivity index (χ2n) is 5.07. The summed E-state index contributed by atoms with van der Waals surface area (Å²) < 4.78 is 2.16. The van der Waals surface area contributed by atoms with Gasteiger partial charge in [0.2, 0.25) is 0 Å². The monoisotopic (exact) mass is 257 g/mol. The Balaban J connectivity index is 2.19. The molecule has 0 fully saturated rings. The Bertz CT molecular complexity index is 1010. The number of benzene rings is 2. The van der Waals surface area contributed by atoms with Gasteiger partial charge in [-0.3, -0.25) is 4.40 Å². The van der Waals surface area contributed by atoms with Crippen LogP contribution in [0, 0.1) is 0 Å². The highest BCUT2D eigenvalue weighted by atomic mass is 15.0. The lowest BCUT2D eigenvalue weighted by Crippen LogP contribution is -1.82. The SMILES string of the molecule is c1ccc2c(c1)[nH]c1ccc3nc4ccccn4c3c12. The molecule has 20 heavy (non-hydrogen) atoms. The molecule has 3 heteroatoms. The van der Waals surface area contributed by atoms with Gasteiger partial charge in [-0.2, -0.15) is 0 Å². The second kappa shape index (κ2) is 3.39. The molecule has 0 aliphatic carbocycles. The standard InChI is InChI=1S/C17H11N3/c1-2-6-12-11(5-1)16-13(18-12)8-9-14-17(16)20-10-4-3-7-15(20)19-14/h1-10,18H. The number of nitrogens with one attached hydrogen (secondary N) is 1. The highest BCUT2D eigenvalue weighted by Gasteiger charge is 2.12. The molecule has 1 N–H and O–H groups in total. The quantitative estimate of drug-likeness (QED) is 0.444. The van der Waals surface area contributed by atoms with E-state index in [2.05, 4.69) is 52.0 Å². The van der Waals surface area contributed by atoms with Gasteiger partial charge in [0.05, 0.1) is 11.0 Å². The molecule has 2 aromatic carbocycles. The molecule has 0 aliphatic heterocycles. The summed E-state index contributed by atoms with van der Waals surface area (Å²) in [4.78, 5) is 8.18. The number of H-pyrrole nitrogens is 1. The van der Waals surface area contributed by atoms with E-state index in [9.17, 15) is 0 Å². The van der Waals surface area contributed by atoms with E-state index in [4.69, 9.17) is 4.98 Å². The van der Waals surface area contributed by atoms with E-state index >= 15 is 0 Å². The molecule has 94 valence electrons. The van der Waals surface area contributed by atoms with Gasteiger partial charge in [-0.15, -0.1) is 0 Å². The molecule has 0 bridgehead atoms. The normalized spacial score (nSPS) is 12.0. The van der Waals surface area contributed by atoms with Crippen LogP contribution in [0.25, 0.3) is 38.5 Å². The summed E-state index contributed by atoms with van der Waals surface area (Å²) in [5.74, 6) is 0. The Morgan fingerprint density at radius 1 is 0.850 bits per heavy atom. The maximum absolute atomic E-state index is 4.70. The summed E-state index contributed by atoms with van der Waals surface area (Å²) in [6.45, 7) is 0. The Morgan fingerprint density at radius 3 is 2.75 bits per heavy atom. The maximum Gasteiger partial charge on any atom is 0.137 e. The summed E-state index contributed by atoms with van der Waals surface area (Å²) in [7, 11) is 0. The molecule has 0 saturated heterocycles. The first-order valence-electron chi connectivity index (χ1n) is 6.68. The van der Waals surface area contributed by atoms with Crippen molar-refractivity contribution in [2.45, 2.75) is 0 Å². The lowest BCUT2D eigenvalue weighted by Gasteiger charge is -1.97. The van der Waals surface area contributed by atoms with Crippen LogP contribution in [0.15, 0.2) is 60.8 Å². The number of hydrogen-bond acceptors (Lipinski definition) is 1. The third-order valence-electron chi connectivity index (χ3n) is 3.94. The van der Waals surface area contributed by atoms with Crippen LogP contribution in [-0.4, -0.2) is 14.4 Å². The number of imidazole rings is 1. The van der Waals surface area contributed by atoms with Crippen molar-refractivity contribution in [3.05, 3.63) is 60.8 Å². The molecule has 0 spiro atoms. The number of fused-ring (bicyclic) bond motifs is 7. The first-order valence-corrected chi connectivity index (χ1v) is 6.68. The smallest absolute Gasteiger partial charge is 0.137 e. The fraction of sp³-hybridized carbons (Fsp3) is 0. The molecule has 5 rings (SSSR count). The van der Waals surface area contributed by atoms with Crippen LogP contribution < -0.4 is 0 Å². The molecule has 0 amide bonds. The Kier molecular flexibility index (Phi) is 1.70. The Morgan fingerprint density at radius 2 is 1.75 bits per heavy atom. The van der Waals surface area contributed by atoms with E-state index in [1.165, 1.54) is 21.8 Å². The third kappa shape index (κ3) is 1.12. The number of pyridine rings is 1. The highest BCUT2D eigenvalue weighted by Crippen LogP contribution is 2.32. The average Bonchev–Trinajstić information content (AvgIpc) is 3.04. The van der Waals surface area contributed by atoms with Gasteiger partial charge in [0, 0.05) is 28.0 Å². The molecule has 0 radical (unpaired) electrons. The van der Waals surface area contributed by atoms with Crippen molar-refractivity contribution in [3.63, 3.8) is 0 Å². The second-order valence-corrected chi connectivity index (χ2v) is 5.07. The van der Waals surface area contributed by atoms with Gasteiger partial charge in [0.15, 0.2) is 0 Å². The van der Waals surface area contributed by atoms with Crippen molar-refractivity contribution >= 4 is 38.5 Å². The molecular weight excluding hydrogens is 246 g/mol. The van der Waals surface area contributed by atoms with Crippen LogP contribution in [0.3, 0.4) is 0 Å². The van der Waals surface area contributed by atoms with Gasteiger partial charge in [0.1, 0.15) is 5.65 Å². The summed E-state index contributed by atoms with van der Waals surface area (Å²) in [5.41, 5.74) is 5.52. The summed E-state index contributed by atoms with van der Waals surface area (Å²) in [5, 5.41) is 2.50. The van der Waals surface area contributed by atoms with Gasteiger partial charge in [-0.25, -0.2) is 4.98 Å². The van der Waals surface area contributed by atoms with Crippen LogP contribution in [0.2, 0.25) is 0 Å². The van der Waals surface area contributed by atoms with Gasteiger partial charge in [-0.1, -0.05) is 24.3 Å². The fourth-order valence-corrected chi connectivity index (χ4v) is 3.08. The molecule has 3 aromatic heterocycles. The fourth-order valence-electron chi connectivity index (χ4n) is 3.08. The summed E-state index contributed by atoms with van der Waals surface area (Å²) in [6.07, 6.45) is 2.08. The van der Waals surface area contributed by atoms with Crippen LogP contribution in [-0.2, 0) is 0 Å². The predicted molar refractivity (Wildman–Crippen MR) is 82.1 cm³/mol. The van der Waals surface area contributed by atoms with Crippen LogP contribution >= 0.6 is 0 Å². The van der Waals surface area contributed by atoms with Crippen molar-refractivity contribution in [2.75, 3.05) is 0 Å². The van der Waals surface area contributed by atoms with Crippen LogP contribution in [0.5, 0.6) is 0 Å². The van der Waals surface area contributed by atoms with E-state index in [0.29, 0.717) is 0 Å². The van der Waals surface area contributed by atoms with Crippen molar-refractivity contribution in [1.29, 1.82) is 0 Å². The average molecular weight is 257 g/mol. The first kappa shape index (κ1) is 10.0. The predicted octanol–water partition coefficient (Wildman–Crippen LogP) is 4.12. The highest BCUT2D eigenvalue weighted by molar-refractivity contribution is 6.19. The van der Waals surface area contributed by atoms with E-state index in [1.807, 2.05) is 18.2 Å². The number of rotatable bonds is 0. The van der Waals surface area contributed by atoms with Gasteiger partial charge < -0.3 is 4.98 Å². The number of hydrogen-bond donors (Lipinski definition) is 1. The molecular formula is C17H11N3. The van der Waals surface area contributed by atoms with E-state index in [1.54, 1.807) is 0 Å². The molecule has 0 aliphatic rings. The Hall–Kier alpha value is -2.81. The van der Waals surface area contributed by atoms with E-state index in [-0.39, 0.29) is 0 Å². The number of nitrogens with zero attached hydrogens (tertiary/aromatic N) is 2. The van der Waals surface area contributed by atoms with Crippen molar-refractivity contribution in [1.82, 2.24) is 14.4 Å². The number of aromatic nitrogens is 3.